The lowest BCUT2D eigenvalue weighted by molar-refractivity contribution is 0.364. The highest BCUT2D eigenvalue weighted by Gasteiger charge is 2.65. The fraction of sp³-hybridized carbons (Fsp3) is 0.333. The second-order valence-electron chi connectivity index (χ2n) is 2.97. The minimum absolute atomic E-state index is 0.431. The molecule has 0 amide bonds. The Balaban J connectivity index is 0.00000106. The van der Waals surface area contributed by atoms with Crippen LogP contribution in [0.2, 0.25) is 0 Å². The van der Waals surface area contributed by atoms with E-state index >= 15 is 0 Å². The highest BCUT2D eigenvalue weighted by Crippen LogP contribution is 3.02. The van der Waals surface area contributed by atoms with E-state index in [-0.39, 0.29) is 0 Å². The third-order valence-electron chi connectivity index (χ3n) is 1.78. The Bertz CT molecular complexity index is 341. The number of hydrogen-bond acceptors (Lipinski definition) is 1. The average molecular weight is 264 g/mol. The van der Waals surface area contributed by atoms with Gasteiger partial charge in [0.2, 0.25) is 0 Å². The van der Waals surface area contributed by atoms with Crippen LogP contribution in [0.1, 0.15) is 12.5 Å². The van der Waals surface area contributed by atoms with E-state index in [4.69, 9.17) is 5.11 Å². The highest BCUT2D eigenvalue weighted by atomic mass is 32.5. The van der Waals surface area contributed by atoms with E-state index in [0.29, 0.717) is 24.1 Å². The zero-order valence-corrected chi connectivity index (χ0v) is 9.58. The fourth-order valence-electron chi connectivity index (χ4n) is 0.982. The molecule has 0 radical (unpaired) electrons. The Morgan fingerprint density at radius 2 is 1.31 bits per heavy atom. The summed E-state index contributed by atoms with van der Waals surface area (Å²) in [7, 11) is -8.47. The molecule has 1 aromatic rings. The molecule has 0 bridgehead atoms. The molecule has 0 fully saturated rings. The molecule has 0 saturated heterocycles. The summed E-state index contributed by atoms with van der Waals surface area (Å²) in [5.74, 6) is 0. The van der Waals surface area contributed by atoms with Gasteiger partial charge in [0.15, 0.2) is 0 Å². The molecule has 0 unspecified atom stereocenters. The third-order valence-corrected chi connectivity index (χ3v) is 2.94. The van der Waals surface area contributed by atoms with Crippen molar-refractivity contribution in [3.8, 4) is 0 Å². The maximum atomic E-state index is 12.2. The zero-order chi connectivity index (χ0) is 13.1. The van der Waals surface area contributed by atoms with Gasteiger partial charge >= 0.3 is 10.2 Å². The van der Waals surface area contributed by atoms with Crippen LogP contribution >= 0.6 is 10.2 Å². The number of benzene rings is 1. The summed E-state index contributed by atoms with van der Waals surface area (Å²) in [5.41, 5.74) is 0.593. The van der Waals surface area contributed by atoms with Crippen molar-refractivity contribution in [2.75, 3.05) is 7.11 Å². The monoisotopic (exact) mass is 264 g/mol. The molecule has 0 heterocycles. The first-order chi connectivity index (χ1) is 7.03. The summed E-state index contributed by atoms with van der Waals surface area (Å²) in [6.45, 7) is 1.73. The minimum Gasteiger partial charge on any atom is -0.400 e. The van der Waals surface area contributed by atoms with Crippen molar-refractivity contribution in [3.63, 3.8) is 0 Å². The van der Waals surface area contributed by atoms with Crippen LogP contribution in [0.15, 0.2) is 29.2 Å². The first-order valence-corrected chi connectivity index (χ1v) is 6.26. The molecule has 0 aliphatic rings. The largest absolute Gasteiger partial charge is 0.400 e. The molecule has 7 heteroatoms. The summed E-state index contributed by atoms with van der Waals surface area (Å²) in [6.07, 6.45) is 0.514. The van der Waals surface area contributed by atoms with Crippen LogP contribution in [0, 0.1) is 0 Å². The van der Waals surface area contributed by atoms with Gasteiger partial charge in [0, 0.05) is 7.11 Å². The molecule has 96 valence electrons. The molecule has 0 aliphatic carbocycles. The predicted octanol–water partition coefficient (Wildman–Crippen LogP) is 4.51. The topological polar surface area (TPSA) is 20.2 Å². The van der Waals surface area contributed by atoms with Gasteiger partial charge < -0.3 is 5.11 Å². The van der Waals surface area contributed by atoms with Crippen LogP contribution in [0.3, 0.4) is 0 Å². The molecule has 0 aromatic heterocycles. The smallest absolute Gasteiger partial charge is 0.310 e. The van der Waals surface area contributed by atoms with E-state index in [9.17, 15) is 19.4 Å². The summed E-state index contributed by atoms with van der Waals surface area (Å²) >= 11 is 0. The molecule has 0 atom stereocenters. The summed E-state index contributed by atoms with van der Waals surface area (Å²) in [5, 5.41) is 7.00. The SMILES string of the molecule is CCc1ccc(S(F)(F)(F)(F)F)cc1.CO. The van der Waals surface area contributed by atoms with Gasteiger partial charge in [-0.05, 0) is 24.1 Å². The van der Waals surface area contributed by atoms with Crippen molar-refractivity contribution in [2.45, 2.75) is 18.2 Å². The van der Waals surface area contributed by atoms with Gasteiger partial charge in [-0.15, -0.1) is 0 Å². The lowest BCUT2D eigenvalue weighted by atomic mass is 10.2. The van der Waals surface area contributed by atoms with Crippen LogP contribution in [0.25, 0.3) is 0 Å². The van der Waals surface area contributed by atoms with Gasteiger partial charge in [-0.25, -0.2) is 0 Å². The Hall–Kier alpha value is -0.820. The van der Waals surface area contributed by atoms with Crippen molar-refractivity contribution in [3.05, 3.63) is 29.8 Å². The lowest BCUT2D eigenvalue weighted by Crippen LogP contribution is -2.05. The number of aryl methyl sites for hydroxylation is 1. The van der Waals surface area contributed by atoms with Crippen molar-refractivity contribution < 1.29 is 24.5 Å². The number of halogens is 5. The molecule has 1 N–H and O–H groups in total. The van der Waals surface area contributed by atoms with Gasteiger partial charge in [0.1, 0.15) is 4.90 Å². The maximum absolute atomic E-state index is 12.2. The van der Waals surface area contributed by atoms with Crippen molar-refractivity contribution in [1.29, 1.82) is 0 Å². The molecule has 0 aliphatic heterocycles. The van der Waals surface area contributed by atoms with E-state index in [1.807, 2.05) is 0 Å². The van der Waals surface area contributed by atoms with E-state index in [2.05, 4.69) is 0 Å². The van der Waals surface area contributed by atoms with E-state index in [1.54, 1.807) is 6.92 Å². The predicted molar refractivity (Wildman–Crippen MR) is 55.4 cm³/mol. The quantitative estimate of drug-likeness (QED) is 0.779. The molecule has 1 rings (SSSR count). The minimum atomic E-state index is -9.47. The van der Waals surface area contributed by atoms with Crippen LogP contribution < -0.4 is 0 Å². The van der Waals surface area contributed by atoms with Gasteiger partial charge in [0.05, 0.1) is 0 Å². The van der Waals surface area contributed by atoms with E-state index < -0.39 is 15.1 Å². The Kier molecular flexibility index (Phi) is 3.69. The maximum Gasteiger partial charge on any atom is 0.310 e. The number of aliphatic hydroxyl groups is 1. The number of hydrogen-bond donors (Lipinski definition) is 1. The van der Waals surface area contributed by atoms with E-state index in [1.165, 1.54) is 0 Å². The first kappa shape index (κ1) is 15.2. The summed E-state index contributed by atoms with van der Waals surface area (Å²) < 4.78 is 60.9. The standard InChI is InChI=1S/C8H9F5S.CH4O/c1-2-7-3-5-8(6-4-7)14(9,10,11,12)13;1-2/h3-6H,2H2,1H3;2H,1H3. The first-order valence-electron chi connectivity index (χ1n) is 4.30. The highest BCUT2D eigenvalue weighted by molar-refractivity contribution is 8.45. The molecule has 16 heavy (non-hydrogen) atoms. The Morgan fingerprint density at radius 1 is 0.938 bits per heavy atom. The van der Waals surface area contributed by atoms with Crippen molar-refractivity contribution >= 4 is 10.2 Å². The molecule has 0 spiro atoms. The zero-order valence-electron chi connectivity index (χ0n) is 8.76. The lowest BCUT2D eigenvalue weighted by Gasteiger charge is -2.40. The summed E-state index contributed by atoms with van der Waals surface area (Å²) in [4.78, 5) is -1.83. The Morgan fingerprint density at radius 3 is 1.56 bits per heavy atom. The van der Waals surface area contributed by atoms with Crippen LogP contribution in [-0.2, 0) is 6.42 Å². The van der Waals surface area contributed by atoms with Crippen LogP contribution in [0.5, 0.6) is 0 Å². The molecule has 0 saturated carbocycles. The normalized spacial score (nSPS) is 15.5. The number of aliphatic hydroxyl groups excluding tert-OH is 1. The molecular formula is C9H13F5OS. The van der Waals surface area contributed by atoms with Crippen molar-refractivity contribution in [2.24, 2.45) is 0 Å². The van der Waals surface area contributed by atoms with Gasteiger partial charge in [-0.1, -0.05) is 38.5 Å². The van der Waals surface area contributed by atoms with Crippen molar-refractivity contribution in [1.82, 2.24) is 0 Å². The molecular weight excluding hydrogens is 251 g/mol. The second-order valence-corrected chi connectivity index (χ2v) is 5.38. The summed E-state index contributed by atoms with van der Waals surface area (Å²) in [6, 6.07) is 2.99. The average Bonchev–Trinajstić information content (AvgIpc) is 2.18. The van der Waals surface area contributed by atoms with Crippen LogP contribution in [-0.4, -0.2) is 12.2 Å². The Labute approximate surface area is 90.6 Å². The second kappa shape index (κ2) is 3.89. The van der Waals surface area contributed by atoms with Gasteiger partial charge in [-0.2, -0.15) is 0 Å². The van der Waals surface area contributed by atoms with E-state index in [0.717, 1.165) is 19.2 Å². The van der Waals surface area contributed by atoms with Gasteiger partial charge in [0.25, 0.3) is 0 Å². The van der Waals surface area contributed by atoms with Gasteiger partial charge in [-0.3, -0.25) is 0 Å². The molecule has 1 aromatic carbocycles. The fourth-order valence-corrected chi connectivity index (χ4v) is 1.63. The van der Waals surface area contributed by atoms with Crippen LogP contribution in [0.4, 0.5) is 19.4 Å². The molecule has 1 nitrogen and oxygen atoms in total. The number of rotatable bonds is 2. The third kappa shape index (κ3) is 4.36.